The van der Waals surface area contributed by atoms with Crippen LogP contribution in [0.25, 0.3) is 0 Å². The van der Waals surface area contributed by atoms with Gasteiger partial charge in [-0.05, 0) is 53.9 Å². The average molecular weight is 614 g/mol. The molecule has 4 heteroatoms. The number of rotatable bonds is 10. The summed E-state index contributed by atoms with van der Waals surface area (Å²) in [6, 6.07) is 19.8. The minimum absolute atomic E-state index is 0. The van der Waals surface area contributed by atoms with Crippen LogP contribution in [0.1, 0.15) is 127 Å². The Balaban J connectivity index is 0.00000560. The van der Waals surface area contributed by atoms with Gasteiger partial charge < -0.3 is 14.9 Å². The monoisotopic (exact) mass is 613 g/mol. The largest absolute Gasteiger partial charge is 2.00 e. The summed E-state index contributed by atoms with van der Waals surface area (Å²) in [4.78, 5) is 10.2. The Morgan fingerprint density at radius 1 is 0.643 bits per heavy atom. The van der Waals surface area contributed by atoms with E-state index in [1.165, 1.54) is 33.7 Å². The van der Waals surface area contributed by atoms with Gasteiger partial charge in [0, 0.05) is 35.9 Å². The summed E-state index contributed by atoms with van der Waals surface area (Å²) >= 11 is 0. The van der Waals surface area contributed by atoms with Gasteiger partial charge in [-0.3, -0.25) is 9.98 Å². The Morgan fingerprint density at radius 2 is 1.02 bits per heavy atom. The van der Waals surface area contributed by atoms with Gasteiger partial charge in [0.05, 0.1) is 17.8 Å². The molecular weight excluding hydrogens is 557 g/mol. The zero-order chi connectivity index (χ0) is 28.9. The van der Waals surface area contributed by atoms with Crippen LogP contribution in [-0.4, -0.2) is 28.0 Å². The number of benzene rings is 2. The van der Waals surface area contributed by atoms with E-state index in [-0.39, 0.29) is 31.6 Å². The molecule has 1 radical (unpaired) electrons. The van der Waals surface area contributed by atoms with Gasteiger partial charge in [-0.15, -0.1) is 0 Å². The number of nitrogens with zero attached hydrogens (tertiary/aromatic N) is 3. The second kappa shape index (κ2) is 17.5. The maximum absolute atomic E-state index is 5.17. The predicted molar refractivity (Wildman–Crippen MR) is 183 cm³/mol. The summed E-state index contributed by atoms with van der Waals surface area (Å²) in [5.74, 6) is 1.80. The van der Waals surface area contributed by atoms with Crippen LogP contribution in [0, 0.1) is 14.9 Å². The van der Waals surface area contributed by atoms with Gasteiger partial charge in [-0.2, -0.15) is 0 Å². The number of hydrogen-bond acceptors (Lipinski definition) is 2. The standard InChI is InChI=1S/C36H50N3.2CH3.Co/c1-23(2)31-17-13-18-32(24(3)4)35(31)37-27(9)21-29-15-12-16-30(38-29)22-28(10)39(11)36-33(25(5)6)19-14-20-34(36)26(7)8;;;/h12-20,23-26H,21-22H2,1-11H3;2*1H3;/q+1;2*-1;+2. The maximum Gasteiger partial charge on any atom is 2.00 e. The molecule has 1 aromatic heterocycles. The fraction of sp³-hybridized carbons (Fsp3) is 0.447. The Morgan fingerprint density at radius 3 is 1.45 bits per heavy atom. The van der Waals surface area contributed by atoms with E-state index in [1.54, 1.807) is 0 Å². The van der Waals surface area contributed by atoms with Crippen LogP contribution >= 0.6 is 0 Å². The normalized spacial score (nSPS) is 12.2. The van der Waals surface area contributed by atoms with Crippen molar-refractivity contribution in [1.82, 2.24) is 4.98 Å². The smallest absolute Gasteiger partial charge is 0.358 e. The SMILES string of the molecule is CC(Cc1cccc(CC(C)=[N+](C)c2c(C(C)C)cccc2C(C)C)n1)=Nc1c(C(C)C)cccc1C(C)C.[CH3-].[CH3-].[Co+2]. The van der Waals surface area contributed by atoms with Gasteiger partial charge in [-0.1, -0.05) is 97.9 Å². The summed E-state index contributed by atoms with van der Waals surface area (Å²) in [6.07, 6.45) is 1.57. The molecule has 1 heterocycles. The summed E-state index contributed by atoms with van der Waals surface area (Å²) in [7, 11) is 2.21. The van der Waals surface area contributed by atoms with Crippen LogP contribution in [0.4, 0.5) is 11.4 Å². The van der Waals surface area contributed by atoms with Crippen LogP contribution < -0.4 is 0 Å². The van der Waals surface area contributed by atoms with Crippen molar-refractivity contribution in [3.8, 4) is 0 Å². The molecule has 0 saturated carbocycles. The molecule has 231 valence electrons. The van der Waals surface area contributed by atoms with E-state index in [4.69, 9.17) is 9.98 Å². The minimum Gasteiger partial charge on any atom is -0.358 e. The fourth-order valence-corrected chi connectivity index (χ4v) is 5.33. The molecule has 0 saturated heterocycles. The van der Waals surface area contributed by atoms with Gasteiger partial charge in [0.1, 0.15) is 7.05 Å². The third-order valence-electron chi connectivity index (χ3n) is 7.63. The third-order valence-corrected chi connectivity index (χ3v) is 7.63. The quantitative estimate of drug-likeness (QED) is 0.127. The third kappa shape index (κ3) is 9.74. The minimum atomic E-state index is 0. The molecule has 0 amide bonds. The molecule has 3 rings (SSSR count). The molecule has 3 nitrogen and oxygen atoms in total. The molecule has 0 aliphatic heterocycles. The van der Waals surface area contributed by atoms with Crippen molar-refractivity contribution in [1.29, 1.82) is 0 Å². The number of aliphatic imine (C=N–C) groups is 1. The van der Waals surface area contributed by atoms with Gasteiger partial charge in [0.15, 0.2) is 5.71 Å². The van der Waals surface area contributed by atoms with Gasteiger partial charge >= 0.3 is 16.8 Å². The zero-order valence-electron chi connectivity index (χ0n) is 28.6. The van der Waals surface area contributed by atoms with Gasteiger partial charge in [-0.25, -0.2) is 4.58 Å². The first-order valence-corrected chi connectivity index (χ1v) is 14.7. The molecule has 0 unspecified atom stereocenters. The molecule has 3 aromatic rings. The first kappa shape index (κ1) is 39.4. The van der Waals surface area contributed by atoms with Crippen molar-refractivity contribution in [2.75, 3.05) is 7.05 Å². The molecule has 0 aliphatic carbocycles. The van der Waals surface area contributed by atoms with E-state index in [9.17, 15) is 0 Å². The average Bonchev–Trinajstić information content (AvgIpc) is 2.87. The molecule has 0 N–H and O–H groups in total. The van der Waals surface area contributed by atoms with Crippen molar-refractivity contribution >= 4 is 22.8 Å². The Hall–Kier alpha value is -2.56. The van der Waals surface area contributed by atoms with E-state index >= 15 is 0 Å². The Labute approximate surface area is 269 Å². The van der Waals surface area contributed by atoms with Crippen molar-refractivity contribution in [2.45, 2.75) is 106 Å². The topological polar surface area (TPSA) is 28.3 Å². The molecule has 0 fully saturated rings. The molecular formula is C38H56CoN3+. The second-order valence-corrected chi connectivity index (χ2v) is 12.3. The van der Waals surface area contributed by atoms with E-state index in [2.05, 4.69) is 135 Å². The number of hydrogen-bond donors (Lipinski definition) is 0. The van der Waals surface area contributed by atoms with Crippen LogP contribution in [0.15, 0.2) is 59.6 Å². The van der Waals surface area contributed by atoms with Crippen molar-refractivity contribution in [3.05, 3.63) is 103 Å². The predicted octanol–water partition coefficient (Wildman–Crippen LogP) is 10.8. The van der Waals surface area contributed by atoms with E-state index < -0.39 is 0 Å². The van der Waals surface area contributed by atoms with Gasteiger partial charge in [0.2, 0.25) is 5.69 Å². The van der Waals surface area contributed by atoms with Crippen molar-refractivity contribution < 1.29 is 21.4 Å². The van der Waals surface area contributed by atoms with E-state index in [0.717, 1.165) is 35.6 Å². The first-order valence-electron chi connectivity index (χ1n) is 14.7. The molecule has 0 aliphatic rings. The number of para-hydroxylation sites is 2. The zero-order valence-corrected chi connectivity index (χ0v) is 29.6. The molecule has 0 spiro atoms. The number of pyridine rings is 1. The van der Waals surface area contributed by atoms with Crippen LogP contribution in [0.2, 0.25) is 0 Å². The number of aromatic nitrogens is 1. The summed E-state index contributed by atoms with van der Waals surface area (Å²) in [5, 5.41) is 0. The van der Waals surface area contributed by atoms with E-state index in [1.807, 2.05) is 0 Å². The maximum atomic E-state index is 5.17. The summed E-state index contributed by atoms with van der Waals surface area (Å²) in [6.45, 7) is 22.5. The second-order valence-electron chi connectivity index (χ2n) is 12.3. The molecule has 2 aromatic carbocycles. The molecule has 0 atom stereocenters. The fourth-order valence-electron chi connectivity index (χ4n) is 5.33. The van der Waals surface area contributed by atoms with Crippen LogP contribution in [0.3, 0.4) is 0 Å². The van der Waals surface area contributed by atoms with E-state index in [0.29, 0.717) is 23.7 Å². The van der Waals surface area contributed by atoms with Crippen molar-refractivity contribution in [2.24, 2.45) is 4.99 Å². The Bertz CT molecular complexity index is 1290. The van der Waals surface area contributed by atoms with Crippen molar-refractivity contribution in [3.63, 3.8) is 0 Å². The summed E-state index contributed by atoms with van der Waals surface area (Å²) in [5.41, 5.74) is 12.5. The first-order chi connectivity index (χ1) is 18.4. The van der Waals surface area contributed by atoms with Crippen LogP contribution in [0.5, 0.6) is 0 Å². The summed E-state index contributed by atoms with van der Waals surface area (Å²) < 4.78 is 2.39. The molecule has 42 heavy (non-hydrogen) atoms. The molecule has 0 bridgehead atoms. The van der Waals surface area contributed by atoms with Crippen LogP contribution in [-0.2, 0) is 29.6 Å². The van der Waals surface area contributed by atoms with Gasteiger partial charge in [0.25, 0.3) is 0 Å². The Kier molecular flexibility index (Phi) is 16.5.